The summed E-state index contributed by atoms with van der Waals surface area (Å²) in [4.78, 5) is 36.7. The van der Waals surface area contributed by atoms with Crippen LogP contribution in [0, 0.1) is 0 Å². The number of nitrogens with zero attached hydrogens (tertiary/aromatic N) is 1. The van der Waals surface area contributed by atoms with Gasteiger partial charge < -0.3 is 9.84 Å². The van der Waals surface area contributed by atoms with E-state index in [1.807, 2.05) is 6.92 Å². The Hall–Kier alpha value is -2.21. The maximum absolute atomic E-state index is 12.3. The second-order valence-corrected chi connectivity index (χ2v) is 4.56. The molecule has 0 saturated heterocycles. The number of methoxy groups -OCH3 is 1. The summed E-state index contributed by atoms with van der Waals surface area (Å²) in [5, 5.41) is 8.94. The third-order valence-electron chi connectivity index (χ3n) is 3.36. The van der Waals surface area contributed by atoms with Crippen molar-refractivity contribution < 1.29 is 24.2 Å². The van der Waals surface area contributed by atoms with Gasteiger partial charge in [0.25, 0.3) is 11.8 Å². The van der Waals surface area contributed by atoms with Crippen LogP contribution in [0.25, 0.3) is 0 Å². The van der Waals surface area contributed by atoms with Crippen LogP contribution in [0.3, 0.4) is 0 Å². The Morgan fingerprint density at radius 2 is 1.95 bits per heavy atom. The van der Waals surface area contributed by atoms with Gasteiger partial charge in [-0.3, -0.25) is 14.5 Å². The highest BCUT2D eigenvalue weighted by atomic mass is 16.5. The predicted molar refractivity (Wildman–Crippen MR) is 69.9 cm³/mol. The molecule has 1 atom stereocenters. The van der Waals surface area contributed by atoms with Gasteiger partial charge in [-0.1, -0.05) is 6.92 Å². The Kier molecular flexibility index (Phi) is 3.85. The molecule has 20 heavy (non-hydrogen) atoms. The highest BCUT2D eigenvalue weighted by Gasteiger charge is 2.39. The number of carboxylic acid groups (broad SMARTS) is 1. The molecule has 1 N–H and O–H groups in total. The van der Waals surface area contributed by atoms with Crippen LogP contribution in [0.15, 0.2) is 18.2 Å². The summed E-state index contributed by atoms with van der Waals surface area (Å²) >= 11 is 0. The number of hydrogen-bond acceptors (Lipinski definition) is 4. The fourth-order valence-corrected chi connectivity index (χ4v) is 2.29. The molecule has 1 heterocycles. The van der Waals surface area contributed by atoms with E-state index in [9.17, 15) is 14.4 Å². The molecule has 1 aromatic carbocycles. The van der Waals surface area contributed by atoms with E-state index in [2.05, 4.69) is 0 Å². The molecule has 6 nitrogen and oxygen atoms in total. The number of benzene rings is 1. The average Bonchev–Trinajstić information content (AvgIpc) is 2.68. The molecule has 0 fully saturated rings. The molecule has 1 unspecified atom stereocenters. The molecule has 0 aromatic heterocycles. The fraction of sp³-hybridized carbons (Fsp3) is 0.357. The number of fused-ring (bicyclic) bond motifs is 1. The SMILES string of the molecule is CCC(COC)N1C(=O)c2ccc(C(=O)O)cc2C1=O. The predicted octanol–water partition coefficient (Wildman–Crippen LogP) is 1.41. The summed E-state index contributed by atoms with van der Waals surface area (Å²) < 4.78 is 5.02. The monoisotopic (exact) mass is 277 g/mol. The number of carbonyl (C=O) groups excluding carboxylic acids is 2. The highest BCUT2D eigenvalue weighted by molar-refractivity contribution is 6.22. The van der Waals surface area contributed by atoms with Gasteiger partial charge in [0.15, 0.2) is 0 Å². The van der Waals surface area contributed by atoms with Gasteiger partial charge in [0, 0.05) is 7.11 Å². The number of rotatable bonds is 5. The van der Waals surface area contributed by atoms with Crippen molar-refractivity contribution in [1.82, 2.24) is 4.90 Å². The van der Waals surface area contributed by atoms with E-state index in [1.165, 1.54) is 25.3 Å². The van der Waals surface area contributed by atoms with Crippen LogP contribution in [0.2, 0.25) is 0 Å². The first-order valence-electron chi connectivity index (χ1n) is 6.25. The summed E-state index contributed by atoms with van der Waals surface area (Å²) in [5.41, 5.74) is 0.380. The Morgan fingerprint density at radius 1 is 1.30 bits per heavy atom. The number of carbonyl (C=O) groups is 3. The molecule has 2 amide bonds. The molecule has 106 valence electrons. The van der Waals surface area contributed by atoms with Gasteiger partial charge in [-0.2, -0.15) is 0 Å². The van der Waals surface area contributed by atoms with Crippen molar-refractivity contribution in [3.8, 4) is 0 Å². The zero-order valence-electron chi connectivity index (χ0n) is 11.3. The molecule has 1 aliphatic heterocycles. The molecule has 0 aliphatic carbocycles. The largest absolute Gasteiger partial charge is 0.478 e. The standard InChI is InChI=1S/C14H15NO5/c1-3-9(7-20-2)15-12(16)10-5-4-8(14(18)19)6-11(10)13(15)17/h4-6,9H,3,7H2,1-2H3,(H,18,19). The summed E-state index contributed by atoms with van der Waals surface area (Å²) in [6, 6.07) is 3.61. The van der Waals surface area contributed by atoms with Crippen molar-refractivity contribution in [3.63, 3.8) is 0 Å². The van der Waals surface area contributed by atoms with E-state index >= 15 is 0 Å². The van der Waals surface area contributed by atoms with Gasteiger partial charge in [0.05, 0.1) is 29.3 Å². The quantitative estimate of drug-likeness (QED) is 0.822. The molecular formula is C14H15NO5. The Balaban J connectivity index is 2.41. The summed E-state index contributed by atoms with van der Waals surface area (Å²) in [6.07, 6.45) is 0.575. The summed E-state index contributed by atoms with van der Waals surface area (Å²) in [6.45, 7) is 2.11. The second kappa shape index (κ2) is 5.42. The first kappa shape index (κ1) is 14.2. The lowest BCUT2D eigenvalue weighted by atomic mass is 10.1. The van der Waals surface area contributed by atoms with Gasteiger partial charge in [0.2, 0.25) is 0 Å². The van der Waals surface area contributed by atoms with Crippen LogP contribution in [0.5, 0.6) is 0 Å². The molecule has 1 aromatic rings. The van der Waals surface area contributed by atoms with Crippen LogP contribution in [0.4, 0.5) is 0 Å². The minimum Gasteiger partial charge on any atom is -0.478 e. The van der Waals surface area contributed by atoms with Crippen LogP contribution in [-0.4, -0.2) is 47.5 Å². The molecule has 0 spiro atoms. The van der Waals surface area contributed by atoms with Crippen molar-refractivity contribution in [2.45, 2.75) is 19.4 Å². The molecule has 1 aliphatic rings. The third kappa shape index (κ3) is 2.18. The first-order chi connectivity index (χ1) is 9.51. The number of carboxylic acids is 1. The van der Waals surface area contributed by atoms with Crippen LogP contribution in [-0.2, 0) is 4.74 Å². The Bertz CT molecular complexity index is 581. The van der Waals surface area contributed by atoms with E-state index in [0.717, 1.165) is 4.90 Å². The minimum atomic E-state index is -1.13. The number of amides is 2. The van der Waals surface area contributed by atoms with E-state index in [4.69, 9.17) is 9.84 Å². The topological polar surface area (TPSA) is 83.9 Å². The maximum atomic E-state index is 12.3. The minimum absolute atomic E-state index is 0.00783. The molecule has 0 saturated carbocycles. The molecule has 0 radical (unpaired) electrons. The number of hydrogen-bond donors (Lipinski definition) is 1. The Morgan fingerprint density at radius 3 is 2.50 bits per heavy atom. The van der Waals surface area contributed by atoms with Crippen molar-refractivity contribution in [2.75, 3.05) is 13.7 Å². The number of imide groups is 1. The van der Waals surface area contributed by atoms with Gasteiger partial charge in [-0.05, 0) is 24.6 Å². The van der Waals surface area contributed by atoms with Gasteiger partial charge in [0.1, 0.15) is 0 Å². The van der Waals surface area contributed by atoms with E-state index < -0.39 is 17.8 Å². The third-order valence-corrected chi connectivity index (χ3v) is 3.36. The molecule has 2 rings (SSSR count). The van der Waals surface area contributed by atoms with Crippen molar-refractivity contribution in [2.24, 2.45) is 0 Å². The van der Waals surface area contributed by atoms with Gasteiger partial charge in [-0.15, -0.1) is 0 Å². The lowest BCUT2D eigenvalue weighted by Gasteiger charge is -2.24. The summed E-state index contributed by atoms with van der Waals surface area (Å²) in [5.74, 6) is -1.99. The molecule has 0 bridgehead atoms. The fourth-order valence-electron chi connectivity index (χ4n) is 2.29. The van der Waals surface area contributed by atoms with Gasteiger partial charge in [-0.25, -0.2) is 4.79 Å². The number of ether oxygens (including phenoxy) is 1. The molecular weight excluding hydrogens is 262 g/mol. The van der Waals surface area contributed by atoms with Crippen molar-refractivity contribution >= 4 is 17.8 Å². The normalized spacial score (nSPS) is 15.4. The highest BCUT2D eigenvalue weighted by Crippen LogP contribution is 2.26. The average molecular weight is 277 g/mol. The zero-order chi connectivity index (χ0) is 14.9. The first-order valence-corrected chi connectivity index (χ1v) is 6.25. The second-order valence-electron chi connectivity index (χ2n) is 4.56. The van der Waals surface area contributed by atoms with E-state index in [1.54, 1.807) is 0 Å². The number of aromatic carboxylic acids is 1. The van der Waals surface area contributed by atoms with Crippen molar-refractivity contribution in [3.05, 3.63) is 34.9 Å². The summed E-state index contributed by atoms with van der Waals surface area (Å²) in [7, 11) is 1.50. The van der Waals surface area contributed by atoms with Gasteiger partial charge >= 0.3 is 5.97 Å². The lowest BCUT2D eigenvalue weighted by Crippen LogP contribution is -2.42. The van der Waals surface area contributed by atoms with E-state index in [0.29, 0.717) is 6.42 Å². The lowest BCUT2D eigenvalue weighted by molar-refractivity contribution is 0.0466. The van der Waals surface area contributed by atoms with Crippen LogP contribution >= 0.6 is 0 Å². The van der Waals surface area contributed by atoms with Crippen molar-refractivity contribution in [1.29, 1.82) is 0 Å². The smallest absolute Gasteiger partial charge is 0.335 e. The Labute approximate surface area is 115 Å². The van der Waals surface area contributed by atoms with E-state index in [-0.39, 0.29) is 29.3 Å². The van der Waals surface area contributed by atoms with Crippen LogP contribution in [0.1, 0.15) is 44.4 Å². The maximum Gasteiger partial charge on any atom is 0.335 e. The van der Waals surface area contributed by atoms with Crippen LogP contribution < -0.4 is 0 Å². The zero-order valence-corrected chi connectivity index (χ0v) is 11.3. The molecule has 6 heteroatoms.